The minimum atomic E-state index is -1.13. The van der Waals surface area contributed by atoms with Crippen LogP contribution in [-0.2, 0) is 42.9 Å². The van der Waals surface area contributed by atoms with E-state index in [0.717, 1.165) is 39.3 Å². The van der Waals surface area contributed by atoms with Crippen molar-refractivity contribution in [2.24, 2.45) is 11.3 Å². The standard InChI is InChI=1S/C30H41NO9/c1-21(25(33)38-18-6-15-31-16-19-37-20-17-31)7-5-11-28(3)24-10-13-29(27(35)40-28)12-8-23(26(34)36-4)9-14-30(24,29)39-22(2)32/h5,7-8,11,24H,6,9-10,12-20H2,1-4H3/b11-5+,21-7+/t24-,28+,29+,30-/m0/s1. The third kappa shape index (κ3) is 5.74. The molecule has 4 rings (SSSR count). The molecule has 10 nitrogen and oxygen atoms in total. The number of nitrogens with zero attached hydrogens (tertiary/aromatic N) is 1. The number of hydrogen-bond donors (Lipinski definition) is 0. The predicted molar refractivity (Wildman–Crippen MR) is 144 cm³/mol. The number of methoxy groups -OCH3 is 1. The van der Waals surface area contributed by atoms with Gasteiger partial charge in [0.2, 0.25) is 0 Å². The highest BCUT2D eigenvalue weighted by atomic mass is 16.6. The van der Waals surface area contributed by atoms with Crippen molar-refractivity contribution in [1.82, 2.24) is 4.90 Å². The third-order valence-corrected chi connectivity index (χ3v) is 8.91. The number of hydrogen-bond acceptors (Lipinski definition) is 10. The van der Waals surface area contributed by atoms with E-state index in [-0.39, 0.29) is 12.3 Å². The molecule has 0 unspecified atom stereocenters. The Bertz CT molecular complexity index is 1100. The van der Waals surface area contributed by atoms with Crippen LogP contribution in [0.5, 0.6) is 0 Å². The summed E-state index contributed by atoms with van der Waals surface area (Å²) in [5.74, 6) is -2.11. The summed E-state index contributed by atoms with van der Waals surface area (Å²) < 4.78 is 27.8. The van der Waals surface area contributed by atoms with Gasteiger partial charge < -0.3 is 23.7 Å². The minimum Gasteiger partial charge on any atom is -0.466 e. The molecule has 2 aliphatic heterocycles. The van der Waals surface area contributed by atoms with Crippen molar-refractivity contribution < 1.29 is 42.9 Å². The molecular weight excluding hydrogens is 518 g/mol. The molecule has 0 aromatic rings. The lowest BCUT2D eigenvalue weighted by Crippen LogP contribution is -2.65. The highest BCUT2D eigenvalue weighted by molar-refractivity contribution is 5.90. The van der Waals surface area contributed by atoms with Crippen LogP contribution in [-0.4, -0.2) is 86.5 Å². The Kier molecular flexibility index (Phi) is 9.19. The van der Waals surface area contributed by atoms with E-state index < -0.39 is 40.5 Å². The molecule has 220 valence electrons. The molecule has 40 heavy (non-hydrogen) atoms. The van der Waals surface area contributed by atoms with Gasteiger partial charge >= 0.3 is 23.9 Å². The van der Waals surface area contributed by atoms with Gasteiger partial charge in [0.1, 0.15) is 16.6 Å². The summed E-state index contributed by atoms with van der Waals surface area (Å²) in [7, 11) is 1.32. The van der Waals surface area contributed by atoms with E-state index in [9.17, 15) is 19.2 Å². The minimum absolute atomic E-state index is 0.232. The first-order valence-corrected chi connectivity index (χ1v) is 14.1. The van der Waals surface area contributed by atoms with Crippen molar-refractivity contribution in [3.8, 4) is 0 Å². The van der Waals surface area contributed by atoms with Gasteiger partial charge in [-0.2, -0.15) is 0 Å². The van der Waals surface area contributed by atoms with Gasteiger partial charge in [-0.1, -0.05) is 18.2 Å². The van der Waals surface area contributed by atoms with Gasteiger partial charge in [-0.25, -0.2) is 9.59 Å². The number of ether oxygens (including phenoxy) is 5. The van der Waals surface area contributed by atoms with Crippen molar-refractivity contribution in [1.29, 1.82) is 0 Å². The van der Waals surface area contributed by atoms with Crippen molar-refractivity contribution in [2.75, 3.05) is 46.6 Å². The number of carbonyl (C=O) groups is 4. The van der Waals surface area contributed by atoms with Crippen LogP contribution < -0.4 is 0 Å². The Morgan fingerprint density at radius 3 is 2.62 bits per heavy atom. The van der Waals surface area contributed by atoms with Crippen LogP contribution in [0, 0.1) is 11.3 Å². The van der Waals surface area contributed by atoms with Crippen LogP contribution in [0.15, 0.2) is 35.5 Å². The van der Waals surface area contributed by atoms with Crippen molar-refractivity contribution >= 4 is 23.9 Å². The van der Waals surface area contributed by atoms with E-state index in [4.69, 9.17) is 23.7 Å². The highest BCUT2D eigenvalue weighted by Crippen LogP contribution is 2.65. The van der Waals surface area contributed by atoms with Crippen molar-refractivity contribution in [2.45, 2.75) is 70.5 Å². The molecule has 0 N–H and O–H groups in total. The molecule has 0 amide bonds. The quantitative estimate of drug-likeness (QED) is 0.137. The maximum Gasteiger partial charge on any atom is 0.333 e. The molecule has 4 atom stereocenters. The number of rotatable bonds is 9. The van der Waals surface area contributed by atoms with Crippen LogP contribution in [0.3, 0.4) is 0 Å². The zero-order valence-corrected chi connectivity index (χ0v) is 24.0. The van der Waals surface area contributed by atoms with Crippen molar-refractivity contribution in [3.05, 3.63) is 35.5 Å². The van der Waals surface area contributed by atoms with E-state index in [1.165, 1.54) is 14.0 Å². The van der Waals surface area contributed by atoms with Gasteiger partial charge in [0.15, 0.2) is 0 Å². The lowest BCUT2D eigenvalue weighted by molar-refractivity contribution is -0.235. The van der Waals surface area contributed by atoms with E-state index in [0.29, 0.717) is 43.4 Å². The molecular formula is C30H41NO9. The zero-order valence-electron chi connectivity index (χ0n) is 24.0. The topological polar surface area (TPSA) is 118 Å². The predicted octanol–water partition coefficient (Wildman–Crippen LogP) is 3.05. The third-order valence-electron chi connectivity index (χ3n) is 8.91. The Hall–Kier alpha value is -2.98. The monoisotopic (exact) mass is 559 g/mol. The van der Waals surface area contributed by atoms with Crippen LogP contribution in [0.4, 0.5) is 0 Å². The van der Waals surface area contributed by atoms with Gasteiger partial charge in [-0.15, -0.1) is 0 Å². The normalized spacial score (nSPS) is 32.5. The first-order valence-electron chi connectivity index (χ1n) is 14.1. The molecule has 2 aliphatic carbocycles. The van der Waals surface area contributed by atoms with Crippen LogP contribution in [0.25, 0.3) is 0 Å². The summed E-state index contributed by atoms with van der Waals surface area (Å²) in [6.45, 7) is 9.26. The van der Waals surface area contributed by atoms with E-state index in [1.807, 2.05) is 0 Å². The number of allylic oxidation sites excluding steroid dienone is 3. The lowest BCUT2D eigenvalue weighted by Gasteiger charge is -2.54. The molecule has 10 heteroatoms. The maximum absolute atomic E-state index is 13.7. The SMILES string of the molecule is COC(=O)C1=CC[C@@]23CC[C@@H]([C@@](C)(/C=C/C=C(\C)C(=O)OCCCN4CCOCC4)OC2=O)[C@@]3(OC(C)=O)CC1. The Morgan fingerprint density at radius 2 is 1.93 bits per heavy atom. The Morgan fingerprint density at radius 1 is 1.18 bits per heavy atom. The van der Waals surface area contributed by atoms with Gasteiger partial charge in [-0.3, -0.25) is 14.5 Å². The van der Waals surface area contributed by atoms with E-state index in [1.54, 1.807) is 38.2 Å². The fourth-order valence-corrected chi connectivity index (χ4v) is 6.84. The van der Waals surface area contributed by atoms with Gasteiger partial charge in [-0.05, 0) is 58.4 Å². The molecule has 2 bridgehead atoms. The molecule has 0 aromatic carbocycles. The number of esters is 4. The summed E-state index contributed by atoms with van der Waals surface area (Å²) in [6, 6.07) is 0. The summed E-state index contributed by atoms with van der Waals surface area (Å²) >= 11 is 0. The molecule has 2 saturated heterocycles. The smallest absolute Gasteiger partial charge is 0.333 e. The first-order chi connectivity index (χ1) is 19.1. The second kappa shape index (κ2) is 12.3. The summed E-state index contributed by atoms with van der Waals surface area (Å²) in [5.41, 5.74) is -2.39. The van der Waals surface area contributed by atoms with Crippen LogP contribution in [0.2, 0.25) is 0 Å². The fourth-order valence-electron chi connectivity index (χ4n) is 6.84. The van der Waals surface area contributed by atoms with E-state index >= 15 is 0 Å². The summed E-state index contributed by atoms with van der Waals surface area (Å²) in [4.78, 5) is 53.2. The number of cyclic esters (lactones) is 1. The van der Waals surface area contributed by atoms with Gasteiger partial charge in [0.25, 0.3) is 0 Å². The molecule has 2 heterocycles. The van der Waals surface area contributed by atoms with Gasteiger partial charge in [0, 0.05) is 43.6 Å². The molecule has 0 aromatic heterocycles. The second-order valence-electron chi connectivity index (χ2n) is 11.3. The first kappa shape index (κ1) is 30.0. The average Bonchev–Trinajstić information content (AvgIpc) is 3.07. The maximum atomic E-state index is 13.7. The second-order valence-corrected chi connectivity index (χ2v) is 11.3. The molecule has 0 radical (unpaired) electrons. The zero-order chi connectivity index (χ0) is 29.0. The summed E-state index contributed by atoms with van der Waals surface area (Å²) in [5, 5.41) is 0. The lowest BCUT2D eigenvalue weighted by atomic mass is 9.62. The van der Waals surface area contributed by atoms with Crippen LogP contribution in [0.1, 0.15) is 59.3 Å². The number of carbonyl (C=O) groups excluding carboxylic acids is 4. The summed E-state index contributed by atoms with van der Waals surface area (Å²) in [6.07, 6.45) is 9.51. The largest absolute Gasteiger partial charge is 0.466 e. The fraction of sp³-hybridized carbons (Fsp3) is 0.667. The highest BCUT2D eigenvalue weighted by Gasteiger charge is 2.74. The number of morpholine rings is 1. The van der Waals surface area contributed by atoms with E-state index in [2.05, 4.69) is 4.90 Å². The Balaban J connectivity index is 1.46. The Labute approximate surface area is 235 Å². The van der Waals surface area contributed by atoms with Gasteiger partial charge in [0.05, 0.1) is 26.9 Å². The average molecular weight is 560 g/mol. The molecule has 0 spiro atoms. The molecule has 3 fully saturated rings. The molecule has 4 aliphatic rings. The van der Waals surface area contributed by atoms with Crippen molar-refractivity contribution in [3.63, 3.8) is 0 Å². The molecule has 1 saturated carbocycles. The van der Waals surface area contributed by atoms with Crippen LogP contribution >= 0.6 is 0 Å².